The van der Waals surface area contributed by atoms with Gasteiger partial charge in [0.15, 0.2) is 0 Å². The highest BCUT2D eigenvalue weighted by molar-refractivity contribution is 5.94. The number of ether oxygens (including phenoxy) is 1. The number of rotatable bonds is 3. The highest BCUT2D eigenvalue weighted by Gasteiger charge is 2.31. The van der Waals surface area contributed by atoms with Crippen molar-refractivity contribution >= 4 is 5.91 Å². The van der Waals surface area contributed by atoms with Crippen LogP contribution >= 0.6 is 0 Å². The van der Waals surface area contributed by atoms with Gasteiger partial charge >= 0.3 is 0 Å². The molecule has 1 aliphatic heterocycles. The van der Waals surface area contributed by atoms with E-state index in [1.165, 1.54) is 6.07 Å². The van der Waals surface area contributed by atoms with Gasteiger partial charge in [-0.15, -0.1) is 0 Å². The first-order valence-electron chi connectivity index (χ1n) is 8.72. The Balaban J connectivity index is 1.58. The number of nitrogens with one attached hydrogen (secondary N) is 1. The fourth-order valence-corrected chi connectivity index (χ4v) is 3.03. The van der Waals surface area contributed by atoms with Crippen molar-refractivity contribution in [3.63, 3.8) is 0 Å². The van der Waals surface area contributed by atoms with E-state index in [9.17, 15) is 9.18 Å². The number of hydrogen-bond acceptors (Lipinski definition) is 2. The summed E-state index contributed by atoms with van der Waals surface area (Å²) in [6, 6.07) is 13.4. The van der Waals surface area contributed by atoms with Crippen LogP contribution in [0.2, 0.25) is 0 Å². The second kappa shape index (κ2) is 7.72. The maximum Gasteiger partial charge on any atom is 0.251 e. The van der Waals surface area contributed by atoms with Gasteiger partial charge in [0.1, 0.15) is 5.82 Å². The Labute approximate surface area is 153 Å². The summed E-state index contributed by atoms with van der Waals surface area (Å²) in [7, 11) is 0. The van der Waals surface area contributed by atoms with Crippen molar-refractivity contribution in [3.8, 4) is 11.8 Å². The first-order chi connectivity index (χ1) is 12.4. The highest BCUT2D eigenvalue weighted by atomic mass is 19.1. The molecule has 0 radical (unpaired) electrons. The van der Waals surface area contributed by atoms with E-state index in [4.69, 9.17) is 4.74 Å². The van der Waals surface area contributed by atoms with Gasteiger partial charge in [0.25, 0.3) is 5.91 Å². The van der Waals surface area contributed by atoms with Crippen molar-refractivity contribution in [2.24, 2.45) is 5.92 Å². The molecule has 3 nitrogen and oxygen atoms in total. The molecule has 2 aromatic carbocycles. The summed E-state index contributed by atoms with van der Waals surface area (Å²) in [6.07, 6.45) is 0.942. The minimum atomic E-state index is -0.338. The maximum absolute atomic E-state index is 13.6. The van der Waals surface area contributed by atoms with Crippen molar-refractivity contribution < 1.29 is 13.9 Å². The van der Waals surface area contributed by atoms with Crippen molar-refractivity contribution in [1.29, 1.82) is 0 Å². The summed E-state index contributed by atoms with van der Waals surface area (Å²) in [6.45, 7) is 5.42. The maximum atomic E-state index is 13.6. The van der Waals surface area contributed by atoms with Crippen LogP contribution in [0.5, 0.6) is 0 Å². The molecule has 3 rings (SSSR count). The van der Waals surface area contributed by atoms with Crippen molar-refractivity contribution in [1.82, 2.24) is 5.32 Å². The Morgan fingerprint density at radius 1 is 1.19 bits per heavy atom. The zero-order valence-electron chi connectivity index (χ0n) is 15.0. The Hall–Kier alpha value is -2.64. The molecule has 0 saturated carbocycles. The Morgan fingerprint density at radius 2 is 1.92 bits per heavy atom. The average molecular weight is 351 g/mol. The molecule has 1 fully saturated rings. The molecule has 1 atom stereocenters. The van der Waals surface area contributed by atoms with Crippen LogP contribution in [0.1, 0.15) is 41.8 Å². The van der Waals surface area contributed by atoms with Gasteiger partial charge < -0.3 is 10.1 Å². The SMILES string of the molecule is CC1(C)CC(CNC(=O)c2ccc(C#Cc3ccccc3F)cc2)CO1. The molecule has 2 aromatic rings. The summed E-state index contributed by atoms with van der Waals surface area (Å²) in [5, 5.41) is 2.96. The quantitative estimate of drug-likeness (QED) is 0.855. The summed E-state index contributed by atoms with van der Waals surface area (Å²) in [4.78, 5) is 12.3. The molecule has 1 heterocycles. The van der Waals surface area contributed by atoms with Gasteiger partial charge in [-0.2, -0.15) is 0 Å². The van der Waals surface area contributed by atoms with E-state index in [1.54, 1.807) is 42.5 Å². The fraction of sp³-hybridized carbons (Fsp3) is 0.318. The molecule has 1 unspecified atom stereocenters. The molecular formula is C22H22FNO2. The number of hydrogen-bond donors (Lipinski definition) is 1. The lowest BCUT2D eigenvalue weighted by molar-refractivity contribution is 0.0350. The largest absolute Gasteiger partial charge is 0.375 e. The third kappa shape index (κ3) is 4.71. The third-order valence-corrected chi connectivity index (χ3v) is 4.40. The van der Waals surface area contributed by atoms with Crippen molar-refractivity contribution in [2.45, 2.75) is 25.9 Å². The van der Waals surface area contributed by atoms with Crippen molar-refractivity contribution in [3.05, 3.63) is 71.0 Å². The molecule has 1 N–H and O–H groups in total. The predicted octanol–water partition coefficient (Wildman–Crippen LogP) is 3.77. The zero-order chi connectivity index (χ0) is 18.6. The van der Waals surface area contributed by atoms with Crippen LogP contribution in [-0.2, 0) is 4.74 Å². The second-order valence-electron chi connectivity index (χ2n) is 7.16. The lowest BCUT2D eigenvalue weighted by Gasteiger charge is -2.15. The zero-order valence-corrected chi connectivity index (χ0v) is 15.0. The van der Waals surface area contributed by atoms with E-state index in [0.717, 1.165) is 12.0 Å². The van der Waals surface area contributed by atoms with Gasteiger partial charge in [-0.1, -0.05) is 24.0 Å². The van der Waals surface area contributed by atoms with Gasteiger partial charge in [-0.05, 0) is 56.7 Å². The Bertz CT molecular complexity index is 846. The monoisotopic (exact) mass is 351 g/mol. The summed E-state index contributed by atoms with van der Waals surface area (Å²) in [5.74, 6) is 5.62. The van der Waals surface area contributed by atoms with Crippen LogP contribution in [0.4, 0.5) is 4.39 Å². The molecule has 1 amide bonds. The first-order valence-corrected chi connectivity index (χ1v) is 8.72. The van der Waals surface area contributed by atoms with Crippen molar-refractivity contribution in [2.75, 3.05) is 13.2 Å². The van der Waals surface area contributed by atoms with E-state index in [0.29, 0.717) is 30.2 Å². The molecule has 0 aromatic heterocycles. The van der Waals surface area contributed by atoms with E-state index >= 15 is 0 Å². The molecular weight excluding hydrogens is 329 g/mol. The molecule has 0 bridgehead atoms. The van der Waals surface area contributed by atoms with Gasteiger partial charge in [0.05, 0.1) is 17.8 Å². The average Bonchev–Trinajstić information content (AvgIpc) is 2.98. The standard InChI is InChI=1S/C22H22FNO2/c1-22(2)13-17(15-26-22)14-24-21(25)19-11-8-16(9-12-19)7-10-18-5-3-4-6-20(18)23/h3-6,8-9,11-12,17H,13-15H2,1-2H3,(H,24,25). The number of halogens is 1. The molecule has 4 heteroatoms. The number of carbonyl (C=O) groups is 1. The highest BCUT2D eigenvalue weighted by Crippen LogP contribution is 2.28. The topological polar surface area (TPSA) is 38.3 Å². The van der Waals surface area contributed by atoms with Crippen LogP contribution in [0.3, 0.4) is 0 Å². The van der Waals surface area contributed by atoms with E-state index < -0.39 is 0 Å². The molecule has 0 spiro atoms. The Morgan fingerprint density at radius 3 is 2.58 bits per heavy atom. The van der Waals surface area contributed by atoms with Gasteiger partial charge in [-0.25, -0.2) is 4.39 Å². The van der Waals surface area contributed by atoms with E-state index in [1.807, 2.05) is 0 Å². The van der Waals surface area contributed by atoms with Gasteiger partial charge in [0, 0.05) is 23.6 Å². The third-order valence-electron chi connectivity index (χ3n) is 4.40. The van der Waals surface area contributed by atoms with Gasteiger partial charge in [-0.3, -0.25) is 4.79 Å². The predicted molar refractivity (Wildman–Crippen MR) is 99.3 cm³/mol. The smallest absolute Gasteiger partial charge is 0.251 e. The summed E-state index contributed by atoms with van der Waals surface area (Å²) < 4.78 is 19.2. The summed E-state index contributed by atoms with van der Waals surface area (Å²) >= 11 is 0. The van der Waals surface area contributed by atoms with Crippen LogP contribution in [-0.4, -0.2) is 24.7 Å². The summed E-state index contributed by atoms with van der Waals surface area (Å²) in [5.41, 5.74) is 1.57. The fourth-order valence-electron chi connectivity index (χ4n) is 3.03. The first kappa shape index (κ1) is 18.2. The number of carbonyl (C=O) groups excluding carboxylic acids is 1. The molecule has 26 heavy (non-hydrogen) atoms. The van der Waals surface area contributed by atoms with E-state index in [2.05, 4.69) is 31.0 Å². The molecule has 134 valence electrons. The van der Waals surface area contributed by atoms with Crippen LogP contribution in [0.15, 0.2) is 48.5 Å². The minimum absolute atomic E-state index is 0.103. The van der Waals surface area contributed by atoms with Crippen LogP contribution in [0, 0.1) is 23.6 Å². The molecule has 1 aliphatic rings. The lowest BCUT2D eigenvalue weighted by atomic mass is 9.98. The van der Waals surface area contributed by atoms with Gasteiger partial charge in [0.2, 0.25) is 0 Å². The minimum Gasteiger partial charge on any atom is -0.375 e. The molecule has 1 saturated heterocycles. The second-order valence-corrected chi connectivity index (χ2v) is 7.16. The Kier molecular flexibility index (Phi) is 5.39. The lowest BCUT2D eigenvalue weighted by Crippen LogP contribution is -2.30. The van der Waals surface area contributed by atoms with Crippen LogP contribution in [0.25, 0.3) is 0 Å². The normalized spacial score (nSPS) is 18.0. The number of amides is 1. The molecule has 0 aliphatic carbocycles. The van der Waals surface area contributed by atoms with E-state index in [-0.39, 0.29) is 17.3 Å². The van der Waals surface area contributed by atoms with Crippen LogP contribution < -0.4 is 5.32 Å². The number of benzene rings is 2.